The van der Waals surface area contributed by atoms with Crippen molar-refractivity contribution in [3.05, 3.63) is 40.1 Å². The van der Waals surface area contributed by atoms with Crippen LogP contribution in [-0.4, -0.2) is 15.1 Å². The second-order valence-corrected chi connectivity index (χ2v) is 5.39. The minimum Gasteiger partial charge on any atom is -0.376 e. The van der Waals surface area contributed by atoms with Crippen molar-refractivity contribution in [2.75, 3.05) is 0 Å². The van der Waals surface area contributed by atoms with E-state index in [0.29, 0.717) is 10.0 Å². The Balaban J connectivity index is 0.000000512. The van der Waals surface area contributed by atoms with Crippen molar-refractivity contribution in [3.63, 3.8) is 0 Å². The molecular formula is C12H17LiN2OS2. The molecule has 0 radical (unpaired) electrons. The van der Waals surface area contributed by atoms with Crippen LogP contribution in [0.5, 0.6) is 0 Å². The van der Waals surface area contributed by atoms with E-state index in [-0.39, 0.29) is 18.9 Å². The molecule has 2 aromatic heterocycles. The fourth-order valence-electron chi connectivity index (χ4n) is 1.02. The summed E-state index contributed by atoms with van der Waals surface area (Å²) in [5, 5.41) is 15.2. The Labute approximate surface area is 128 Å². The predicted octanol–water partition coefficient (Wildman–Crippen LogP) is 0.480. The van der Waals surface area contributed by atoms with Crippen LogP contribution in [0.25, 0.3) is 0 Å². The van der Waals surface area contributed by atoms with E-state index in [9.17, 15) is 5.11 Å². The summed E-state index contributed by atoms with van der Waals surface area (Å²) in [5.74, 6) is 0. The Bertz CT molecular complexity index is 363. The van der Waals surface area contributed by atoms with Gasteiger partial charge in [-0.15, -0.1) is 22.7 Å². The summed E-state index contributed by atoms with van der Waals surface area (Å²) in [6.07, 6.45) is 5.64. The zero-order valence-corrected chi connectivity index (χ0v) is 12.7. The van der Waals surface area contributed by atoms with Crippen molar-refractivity contribution in [2.24, 2.45) is 0 Å². The minimum atomic E-state index is -1.04. The number of hydrogen-bond acceptors (Lipinski definition) is 5. The van der Waals surface area contributed by atoms with Gasteiger partial charge in [-0.3, -0.25) is 0 Å². The van der Waals surface area contributed by atoms with Crippen molar-refractivity contribution in [1.29, 1.82) is 0 Å². The molecule has 6 heteroatoms. The van der Waals surface area contributed by atoms with Gasteiger partial charge < -0.3 is 12.0 Å². The summed E-state index contributed by atoms with van der Waals surface area (Å²) in [5.41, 5.74) is -1.04. The normalized spacial score (nSPS) is 10.2. The van der Waals surface area contributed by atoms with Gasteiger partial charge in [0, 0.05) is 23.2 Å². The molecule has 0 unspecified atom stereocenters. The quantitative estimate of drug-likeness (QED) is 0.655. The number of unbranched alkanes of at least 4 members (excludes halogenated alkanes) is 1. The second-order valence-electron chi connectivity index (χ2n) is 3.60. The van der Waals surface area contributed by atoms with Crippen LogP contribution in [0.4, 0.5) is 0 Å². The van der Waals surface area contributed by atoms with Gasteiger partial charge in [-0.2, -0.15) is 6.42 Å². The van der Waals surface area contributed by atoms with E-state index in [4.69, 9.17) is 0 Å². The van der Waals surface area contributed by atoms with Gasteiger partial charge >= 0.3 is 18.9 Å². The van der Waals surface area contributed by atoms with Gasteiger partial charge in [-0.1, -0.05) is 13.3 Å². The maximum Gasteiger partial charge on any atom is 1.00 e. The first-order chi connectivity index (χ1) is 8.12. The van der Waals surface area contributed by atoms with Gasteiger partial charge in [0.25, 0.3) is 0 Å². The maximum atomic E-state index is 10.1. The summed E-state index contributed by atoms with van der Waals surface area (Å²) in [7, 11) is 0. The molecule has 0 saturated carbocycles. The van der Waals surface area contributed by atoms with E-state index in [1.54, 1.807) is 19.3 Å². The Morgan fingerprint density at radius 2 is 1.61 bits per heavy atom. The first-order valence-electron chi connectivity index (χ1n) is 5.44. The zero-order valence-electron chi connectivity index (χ0n) is 11.1. The summed E-state index contributed by atoms with van der Waals surface area (Å²) < 4.78 is 0. The number of nitrogens with zero attached hydrogens (tertiary/aromatic N) is 2. The Kier molecular flexibility index (Phi) is 8.75. The fourth-order valence-corrected chi connectivity index (χ4v) is 2.48. The van der Waals surface area contributed by atoms with Crippen LogP contribution in [0.3, 0.4) is 0 Å². The topological polar surface area (TPSA) is 46.0 Å². The molecule has 2 rings (SSSR count). The smallest absolute Gasteiger partial charge is 0.376 e. The van der Waals surface area contributed by atoms with E-state index in [2.05, 4.69) is 23.8 Å². The van der Waals surface area contributed by atoms with Gasteiger partial charge in [0.15, 0.2) is 5.60 Å². The van der Waals surface area contributed by atoms with Crippen LogP contribution in [0.15, 0.2) is 23.2 Å². The standard InChI is InChI=1S/C8H8N2OS2.C4H9.Li/c1-8(11,6-9-2-4-12-6)7-10-3-5-13-7;1-3-4-2;/h2-5,11H,1H3;1,3-4H2,2H3;/q;-1;+1. The summed E-state index contributed by atoms with van der Waals surface area (Å²) >= 11 is 2.87. The van der Waals surface area contributed by atoms with Gasteiger partial charge in [-0.05, 0) is 6.92 Å². The van der Waals surface area contributed by atoms with Crippen LogP contribution in [0.2, 0.25) is 0 Å². The largest absolute Gasteiger partial charge is 1.00 e. The molecule has 1 N–H and O–H groups in total. The van der Waals surface area contributed by atoms with E-state index < -0.39 is 5.60 Å². The molecule has 0 aliphatic heterocycles. The molecule has 0 fully saturated rings. The molecule has 94 valence electrons. The van der Waals surface area contributed by atoms with E-state index >= 15 is 0 Å². The van der Waals surface area contributed by atoms with Crippen LogP contribution < -0.4 is 18.9 Å². The third-order valence-electron chi connectivity index (χ3n) is 2.05. The molecule has 0 saturated heterocycles. The third-order valence-corrected chi connectivity index (χ3v) is 4.02. The van der Waals surface area contributed by atoms with Gasteiger partial charge in [0.1, 0.15) is 10.0 Å². The van der Waals surface area contributed by atoms with Crippen LogP contribution in [-0.2, 0) is 5.60 Å². The first-order valence-corrected chi connectivity index (χ1v) is 7.20. The molecule has 0 bridgehead atoms. The average molecular weight is 276 g/mol. The number of thiazole rings is 2. The molecule has 18 heavy (non-hydrogen) atoms. The molecule has 0 atom stereocenters. The Morgan fingerprint density at radius 3 is 1.83 bits per heavy atom. The Morgan fingerprint density at radius 1 is 1.22 bits per heavy atom. The molecule has 0 aliphatic rings. The molecule has 2 heterocycles. The summed E-state index contributed by atoms with van der Waals surface area (Å²) in [4.78, 5) is 8.16. The average Bonchev–Trinajstić information content (AvgIpc) is 3.01. The van der Waals surface area contributed by atoms with Crippen LogP contribution >= 0.6 is 22.7 Å². The van der Waals surface area contributed by atoms with Crippen molar-refractivity contribution in [2.45, 2.75) is 32.3 Å². The number of aromatic nitrogens is 2. The van der Waals surface area contributed by atoms with Gasteiger partial charge in [-0.25, -0.2) is 9.97 Å². The van der Waals surface area contributed by atoms with E-state index in [0.717, 1.165) is 6.42 Å². The fraction of sp³-hybridized carbons (Fsp3) is 0.417. The number of hydrogen-bond donors (Lipinski definition) is 1. The molecule has 3 nitrogen and oxygen atoms in total. The van der Waals surface area contributed by atoms with Crippen molar-refractivity contribution in [1.82, 2.24) is 9.97 Å². The molecular weight excluding hydrogens is 259 g/mol. The molecule has 0 amide bonds. The minimum absolute atomic E-state index is 0. The monoisotopic (exact) mass is 276 g/mol. The molecule has 0 aliphatic carbocycles. The Hall–Kier alpha value is -0.183. The van der Waals surface area contributed by atoms with Gasteiger partial charge in [0.2, 0.25) is 0 Å². The van der Waals surface area contributed by atoms with Crippen molar-refractivity contribution < 1.29 is 24.0 Å². The second kappa shape index (κ2) is 8.84. The van der Waals surface area contributed by atoms with Gasteiger partial charge in [0.05, 0.1) is 0 Å². The molecule has 0 spiro atoms. The summed E-state index contributed by atoms with van der Waals surface area (Å²) in [6, 6.07) is 0. The van der Waals surface area contributed by atoms with Crippen molar-refractivity contribution >= 4 is 22.7 Å². The molecule has 0 aromatic carbocycles. The zero-order chi connectivity index (χ0) is 12.7. The summed E-state index contributed by atoms with van der Waals surface area (Å²) in [6.45, 7) is 7.44. The number of aliphatic hydroxyl groups is 1. The third kappa shape index (κ3) is 4.83. The maximum absolute atomic E-state index is 10.1. The SMILES string of the molecule is CC(O)(c1nccs1)c1nccs1.[CH2-]CCC.[Li+]. The predicted molar refractivity (Wildman–Crippen MR) is 73.2 cm³/mol. The molecule has 2 aromatic rings. The van der Waals surface area contributed by atoms with Crippen LogP contribution in [0.1, 0.15) is 36.7 Å². The van der Waals surface area contributed by atoms with E-state index in [1.807, 2.05) is 10.8 Å². The number of rotatable bonds is 3. The van der Waals surface area contributed by atoms with Crippen LogP contribution in [0, 0.1) is 6.92 Å². The van der Waals surface area contributed by atoms with Crippen molar-refractivity contribution in [3.8, 4) is 0 Å². The first kappa shape index (κ1) is 17.8. The van der Waals surface area contributed by atoms with E-state index in [1.165, 1.54) is 29.1 Å².